The quantitative estimate of drug-likeness (QED) is 0.774. The van der Waals surface area contributed by atoms with Crippen molar-refractivity contribution in [1.82, 2.24) is 14.4 Å². The average Bonchev–Trinajstić information content (AvgIpc) is 2.89. The molecule has 4 nitrogen and oxygen atoms in total. The molecule has 1 aromatic carbocycles. The van der Waals surface area contributed by atoms with Crippen molar-refractivity contribution in [2.45, 2.75) is 54.0 Å². The summed E-state index contributed by atoms with van der Waals surface area (Å²) in [5.74, 6) is 1.03. The van der Waals surface area contributed by atoms with Crippen molar-refractivity contribution in [2.75, 3.05) is 0 Å². The van der Waals surface area contributed by atoms with Crippen LogP contribution in [0.2, 0.25) is 0 Å². The number of aryl methyl sites for hydroxylation is 3. The van der Waals surface area contributed by atoms with Crippen molar-refractivity contribution in [3.05, 3.63) is 41.0 Å². The normalized spacial score (nSPS) is 12.3. The van der Waals surface area contributed by atoms with Crippen LogP contribution < -0.4 is 5.73 Å². The molecule has 0 saturated heterocycles. The minimum atomic E-state index is -0.0342. The molecule has 118 valence electrons. The van der Waals surface area contributed by atoms with Gasteiger partial charge < -0.3 is 5.73 Å². The Bertz CT molecular complexity index is 800. The van der Waals surface area contributed by atoms with E-state index in [9.17, 15) is 0 Å². The molecule has 4 heteroatoms. The largest absolute Gasteiger partial charge is 0.324 e. The number of hydrogen-bond donors (Lipinski definition) is 1. The molecule has 0 aliphatic rings. The van der Waals surface area contributed by atoms with Crippen LogP contribution in [0.25, 0.3) is 16.6 Å². The minimum Gasteiger partial charge on any atom is -0.324 e. The van der Waals surface area contributed by atoms with Gasteiger partial charge in [-0.3, -0.25) is 4.40 Å². The van der Waals surface area contributed by atoms with E-state index < -0.39 is 0 Å². The summed E-state index contributed by atoms with van der Waals surface area (Å²) in [6.45, 7) is 12.2. The van der Waals surface area contributed by atoms with Crippen LogP contribution in [0.1, 0.15) is 56.4 Å². The van der Waals surface area contributed by atoms with Gasteiger partial charge in [0, 0.05) is 24.0 Å². The molecular formula is C18H26N4. The van der Waals surface area contributed by atoms with E-state index in [0.717, 1.165) is 40.1 Å². The minimum absolute atomic E-state index is 0.0342. The Labute approximate surface area is 132 Å². The summed E-state index contributed by atoms with van der Waals surface area (Å²) >= 11 is 0. The van der Waals surface area contributed by atoms with Gasteiger partial charge in [-0.15, -0.1) is 0 Å². The van der Waals surface area contributed by atoms with Crippen LogP contribution in [0.15, 0.2) is 18.3 Å². The lowest BCUT2D eigenvalue weighted by Crippen LogP contribution is -2.09. The Morgan fingerprint density at radius 1 is 1.18 bits per heavy atom. The molecule has 0 saturated carbocycles. The van der Waals surface area contributed by atoms with E-state index in [2.05, 4.69) is 41.6 Å². The number of nitrogens with zero attached hydrogens (tertiary/aromatic N) is 3. The van der Waals surface area contributed by atoms with Gasteiger partial charge in [-0.2, -0.15) is 0 Å². The summed E-state index contributed by atoms with van der Waals surface area (Å²) in [6.07, 6.45) is 2.92. The van der Waals surface area contributed by atoms with Crippen molar-refractivity contribution in [3.63, 3.8) is 0 Å². The van der Waals surface area contributed by atoms with Crippen molar-refractivity contribution in [3.8, 4) is 0 Å². The second-order valence-electron chi connectivity index (χ2n) is 5.50. The summed E-state index contributed by atoms with van der Waals surface area (Å²) in [6, 6.07) is 4.24. The highest BCUT2D eigenvalue weighted by Gasteiger charge is 2.14. The third kappa shape index (κ3) is 2.71. The molecule has 3 rings (SSSR count). The third-order valence-corrected chi connectivity index (χ3v) is 3.68. The summed E-state index contributed by atoms with van der Waals surface area (Å²) in [7, 11) is 0. The predicted octanol–water partition coefficient (Wildman–Crippen LogP) is 4.11. The predicted molar refractivity (Wildman–Crippen MR) is 93.3 cm³/mol. The van der Waals surface area contributed by atoms with E-state index in [1.807, 2.05) is 27.7 Å². The van der Waals surface area contributed by atoms with Gasteiger partial charge in [0.1, 0.15) is 11.5 Å². The molecular weight excluding hydrogens is 272 g/mol. The van der Waals surface area contributed by atoms with Gasteiger partial charge in [0.2, 0.25) is 0 Å². The van der Waals surface area contributed by atoms with E-state index in [4.69, 9.17) is 10.7 Å². The summed E-state index contributed by atoms with van der Waals surface area (Å²) in [4.78, 5) is 9.51. The first-order valence-corrected chi connectivity index (χ1v) is 8.05. The van der Waals surface area contributed by atoms with Crippen molar-refractivity contribution in [2.24, 2.45) is 5.73 Å². The smallest absolute Gasteiger partial charge is 0.147 e. The summed E-state index contributed by atoms with van der Waals surface area (Å²) < 4.78 is 2.10. The topological polar surface area (TPSA) is 56.2 Å². The van der Waals surface area contributed by atoms with Crippen LogP contribution in [-0.4, -0.2) is 14.4 Å². The van der Waals surface area contributed by atoms with Gasteiger partial charge in [0.15, 0.2) is 0 Å². The van der Waals surface area contributed by atoms with Crippen LogP contribution >= 0.6 is 0 Å². The molecule has 2 N–H and O–H groups in total. The number of fused-ring (bicyclic) bond motifs is 3. The van der Waals surface area contributed by atoms with Crippen LogP contribution in [-0.2, 0) is 6.42 Å². The van der Waals surface area contributed by atoms with Crippen LogP contribution in [0.3, 0.4) is 0 Å². The van der Waals surface area contributed by atoms with E-state index in [0.29, 0.717) is 0 Å². The lowest BCUT2D eigenvalue weighted by molar-refractivity contribution is 0.818. The number of hydrogen-bond acceptors (Lipinski definition) is 3. The fourth-order valence-corrected chi connectivity index (χ4v) is 2.77. The van der Waals surface area contributed by atoms with E-state index in [1.54, 1.807) is 0 Å². The first kappa shape index (κ1) is 16.4. The zero-order chi connectivity index (χ0) is 16.4. The van der Waals surface area contributed by atoms with Gasteiger partial charge in [0.05, 0.1) is 11.2 Å². The lowest BCUT2D eigenvalue weighted by atomic mass is 10.0. The molecule has 0 aliphatic heterocycles. The van der Waals surface area contributed by atoms with Gasteiger partial charge in [0.25, 0.3) is 0 Å². The molecule has 3 aromatic rings. The number of imidazole rings is 1. The molecule has 0 amide bonds. The molecule has 2 aromatic heterocycles. The highest BCUT2D eigenvalue weighted by molar-refractivity contribution is 5.94. The Morgan fingerprint density at radius 2 is 1.86 bits per heavy atom. The van der Waals surface area contributed by atoms with E-state index in [1.165, 1.54) is 5.56 Å². The molecule has 0 bridgehead atoms. The molecule has 0 aliphatic carbocycles. The van der Waals surface area contributed by atoms with Crippen LogP contribution in [0.4, 0.5) is 0 Å². The fourth-order valence-electron chi connectivity index (χ4n) is 2.77. The summed E-state index contributed by atoms with van der Waals surface area (Å²) in [5, 5.41) is 1.09. The number of nitrogens with two attached hydrogens (primary N) is 1. The van der Waals surface area contributed by atoms with Crippen LogP contribution in [0, 0.1) is 13.8 Å². The Balaban J connectivity index is 0.000000847. The molecule has 22 heavy (non-hydrogen) atoms. The van der Waals surface area contributed by atoms with E-state index in [-0.39, 0.29) is 6.04 Å². The molecule has 2 heterocycles. The molecule has 0 spiro atoms. The maximum atomic E-state index is 6.12. The molecule has 1 unspecified atom stereocenters. The standard InChI is InChI=1S/C16H20N4.C2H6/c1-5-14-19-15-12(11(4)17)6-9(2)7-13(15)16-18-10(3)8-20(14)16;1-2/h6-8,11H,5,17H2,1-4H3;1-2H3. The first-order chi connectivity index (χ1) is 10.5. The van der Waals surface area contributed by atoms with Gasteiger partial charge in [-0.25, -0.2) is 9.97 Å². The number of benzene rings is 1. The Hall–Kier alpha value is -1.94. The highest BCUT2D eigenvalue weighted by Crippen LogP contribution is 2.27. The van der Waals surface area contributed by atoms with Crippen molar-refractivity contribution in [1.29, 1.82) is 0 Å². The zero-order valence-electron chi connectivity index (χ0n) is 14.4. The second kappa shape index (κ2) is 6.44. The Kier molecular flexibility index (Phi) is 4.81. The first-order valence-electron chi connectivity index (χ1n) is 8.05. The van der Waals surface area contributed by atoms with E-state index >= 15 is 0 Å². The van der Waals surface area contributed by atoms with Gasteiger partial charge in [-0.05, 0) is 38.0 Å². The molecule has 0 fully saturated rings. The fraction of sp³-hybridized carbons (Fsp3) is 0.444. The second-order valence-corrected chi connectivity index (χ2v) is 5.50. The molecule has 1 atom stereocenters. The number of rotatable bonds is 2. The summed E-state index contributed by atoms with van der Waals surface area (Å²) in [5.41, 5.74) is 11.4. The van der Waals surface area contributed by atoms with Crippen molar-refractivity contribution >= 4 is 16.6 Å². The lowest BCUT2D eigenvalue weighted by Gasteiger charge is -2.13. The van der Waals surface area contributed by atoms with Crippen molar-refractivity contribution < 1.29 is 0 Å². The maximum Gasteiger partial charge on any atom is 0.147 e. The highest BCUT2D eigenvalue weighted by atomic mass is 15.1. The third-order valence-electron chi connectivity index (χ3n) is 3.68. The zero-order valence-corrected chi connectivity index (χ0v) is 14.4. The Morgan fingerprint density at radius 3 is 2.45 bits per heavy atom. The van der Waals surface area contributed by atoms with Crippen LogP contribution in [0.5, 0.6) is 0 Å². The number of aromatic nitrogens is 3. The maximum absolute atomic E-state index is 6.12. The monoisotopic (exact) mass is 298 g/mol. The van der Waals surface area contributed by atoms with Gasteiger partial charge in [-0.1, -0.05) is 26.8 Å². The van der Waals surface area contributed by atoms with Gasteiger partial charge >= 0.3 is 0 Å². The average molecular weight is 298 g/mol. The SMILES string of the molecule is CC.CCc1nc2c(C(C)N)cc(C)cc2c2nc(C)cn12. The molecule has 0 radical (unpaired) electrons.